The van der Waals surface area contributed by atoms with Gasteiger partial charge in [-0.25, -0.2) is 14.8 Å². The standard InChI is InChI=1S/C14H14BrF2N3O3/c1-3-11-19-9(13(21)22-4-2)7-20(11)12-10(23-14(16)17)5-8(15)6-18-12/h5-7,14H,3-4H2,1-2H3. The van der Waals surface area contributed by atoms with Crippen molar-refractivity contribution in [3.8, 4) is 11.6 Å². The largest absolute Gasteiger partial charge is 0.461 e. The van der Waals surface area contributed by atoms with Crippen molar-refractivity contribution in [2.45, 2.75) is 26.9 Å². The van der Waals surface area contributed by atoms with Gasteiger partial charge in [0, 0.05) is 29.4 Å². The Morgan fingerprint density at radius 1 is 1.43 bits per heavy atom. The van der Waals surface area contributed by atoms with Crippen molar-refractivity contribution in [1.29, 1.82) is 0 Å². The third-order valence-corrected chi connectivity index (χ3v) is 3.26. The number of halogens is 3. The topological polar surface area (TPSA) is 66.2 Å². The lowest BCUT2D eigenvalue weighted by Gasteiger charge is -2.12. The van der Waals surface area contributed by atoms with Crippen molar-refractivity contribution < 1.29 is 23.0 Å². The van der Waals surface area contributed by atoms with Crippen LogP contribution >= 0.6 is 15.9 Å². The van der Waals surface area contributed by atoms with E-state index in [0.717, 1.165) is 0 Å². The molecule has 0 bridgehead atoms. The fraction of sp³-hybridized carbons (Fsp3) is 0.357. The van der Waals surface area contributed by atoms with E-state index in [1.54, 1.807) is 6.92 Å². The maximum absolute atomic E-state index is 12.6. The minimum Gasteiger partial charge on any atom is -0.461 e. The molecule has 0 N–H and O–H groups in total. The van der Waals surface area contributed by atoms with Gasteiger partial charge in [-0.2, -0.15) is 8.78 Å². The van der Waals surface area contributed by atoms with Gasteiger partial charge in [-0.1, -0.05) is 6.92 Å². The molecule has 0 saturated heterocycles. The second-order valence-electron chi connectivity index (χ2n) is 4.34. The van der Waals surface area contributed by atoms with Crippen molar-refractivity contribution >= 4 is 21.9 Å². The SMILES string of the molecule is CCOC(=O)c1cn(-c2ncc(Br)cc2OC(F)F)c(CC)n1. The molecule has 0 spiro atoms. The number of alkyl halides is 2. The van der Waals surface area contributed by atoms with Crippen LogP contribution in [0.25, 0.3) is 5.82 Å². The van der Waals surface area contributed by atoms with Crippen molar-refractivity contribution in [3.05, 3.63) is 34.5 Å². The van der Waals surface area contributed by atoms with Gasteiger partial charge < -0.3 is 9.47 Å². The summed E-state index contributed by atoms with van der Waals surface area (Å²) in [6.07, 6.45) is 3.30. The summed E-state index contributed by atoms with van der Waals surface area (Å²) in [6, 6.07) is 1.37. The Bertz CT molecular complexity index is 707. The molecule has 2 aromatic heterocycles. The Labute approximate surface area is 139 Å². The minimum absolute atomic E-state index is 0.0800. The Morgan fingerprint density at radius 3 is 2.78 bits per heavy atom. The van der Waals surface area contributed by atoms with Crippen LogP contribution in [-0.2, 0) is 11.2 Å². The van der Waals surface area contributed by atoms with Gasteiger partial charge in [-0.05, 0) is 22.9 Å². The zero-order chi connectivity index (χ0) is 17.0. The fourth-order valence-corrected chi connectivity index (χ4v) is 2.24. The van der Waals surface area contributed by atoms with E-state index in [-0.39, 0.29) is 23.9 Å². The number of hydrogen-bond acceptors (Lipinski definition) is 5. The van der Waals surface area contributed by atoms with E-state index >= 15 is 0 Å². The smallest absolute Gasteiger partial charge is 0.387 e. The molecule has 2 aromatic rings. The maximum atomic E-state index is 12.6. The number of imidazole rings is 1. The third-order valence-electron chi connectivity index (χ3n) is 2.82. The van der Waals surface area contributed by atoms with Gasteiger partial charge in [0.15, 0.2) is 17.3 Å². The van der Waals surface area contributed by atoms with Crippen molar-refractivity contribution in [1.82, 2.24) is 14.5 Å². The molecular formula is C14H14BrF2N3O3. The third kappa shape index (κ3) is 4.04. The van der Waals surface area contributed by atoms with Crippen LogP contribution in [0.5, 0.6) is 5.75 Å². The molecule has 0 aliphatic rings. The number of pyridine rings is 1. The first-order valence-electron chi connectivity index (χ1n) is 6.82. The summed E-state index contributed by atoms with van der Waals surface area (Å²) in [5.41, 5.74) is 0.0800. The van der Waals surface area contributed by atoms with Gasteiger partial charge >= 0.3 is 12.6 Å². The van der Waals surface area contributed by atoms with E-state index in [4.69, 9.17) is 4.74 Å². The predicted molar refractivity (Wildman–Crippen MR) is 81.0 cm³/mol. The fourth-order valence-electron chi connectivity index (χ4n) is 1.93. The molecule has 0 aliphatic carbocycles. The molecule has 9 heteroatoms. The van der Waals surface area contributed by atoms with Crippen LogP contribution < -0.4 is 4.74 Å². The highest BCUT2D eigenvalue weighted by Crippen LogP contribution is 2.27. The molecular weight excluding hydrogens is 376 g/mol. The van der Waals surface area contributed by atoms with Crippen LogP contribution in [0.4, 0.5) is 8.78 Å². The van der Waals surface area contributed by atoms with E-state index in [1.165, 1.54) is 23.0 Å². The van der Waals surface area contributed by atoms with Gasteiger partial charge in [0.2, 0.25) is 0 Å². The molecule has 0 aromatic carbocycles. The zero-order valence-electron chi connectivity index (χ0n) is 12.4. The number of rotatable bonds is 6. The number of esters is 1. The molecule has 6 nitrogen and oxygen atoms in total. The molecule has 23 heavy (non-hydrogen) atoms. The van der Waals surface area contributed by atoms with Gasteiger partial charge in [-0.3, -0.25) is 4.57 Å². The second-order valence-corrected chi connectivity index (χ2v) is 5.26. The number of hydrogen-bond donors (Lipinski definition) is 0. The predicted octanol–water partition coefficient (Wildman–Crippen LogP) is 3.37. The number of aromatic nitrogens is 3. The highest BCUT2D eigenvalue weighted by molar-refractivity contribution is 9.10. The number of aryl methyl sites for hydroxylation is 1. The average Bonchev–Trinajstić information content (AvgIpc) is 2.91. The van der Waals surface area contributed by atoms with E-state index in [2.05, 4.69) is 30.6 Å². The van der Waals surface area contributed by atoms with Crippen LogP contribution in [0.15, 0.2) is 22.9 Å². The van der Waals surface area contributed by atoms with Gasteiger partial charge in [0.1, 0.15) is 5.82 Å². The Balaban J connectivity index is 2.50. The summed E-state index contributed by atoms with van der Waals surface area (Å²) in [5.74, 6) is -0.123. The average molecular weight is 390 g/mol. The summed E-state index contributed by atoms with van der Waals surface area (Å²) < 4.78 is 36.5. The number of nitrogens with zero attached hydrogens (tertiary/aromatic N) is 3. The normalized spacial score (nSPS) is 10.9. The molecule has 2 rings (SSSR count). The number of carbonyl (C=O) groups excluding carboxylic acids is 1. The van der Waals surface area contributed by atoms with Crippen LogP contribution in [0, 0.1) is 0 Å². The van der Waals surface area contributed by atoms with Crippen molar-refractivity contribution in [2.24, 2.45) is 0 Å². The minimum atomic E-state index is -3.00. The number of carbonyl (C=O) groups is 1. The zero-order valence-corrected chi connectivity index (χ0v) is 14.0. The molecule has 0 radical (unpaired) electrons. The van der Waals surface area contributed by atoms with Crippen molar-refractivity contribution in [3.63, 3.8) is 0 Å². The quantitative estimate of drug-likeness (QED) is 0.708. The lowest BCUT2D eigenvalue weighted by Crippen LogP contribution is -2.09. The Kier molecular flexibility index (Phi) is 5.64. The summed E-state index contributed by atoms with van der Waals surface area (Å²) in [5, 5.41) is 0. The molecule has 2 heterocycles. The maximum Gasteiger partial charge on any atom is 0.387 e. The molecule has 124 valence electrons. The molecule has 0 fully saturated rings. The van der Waals surface area contributed by atoms with E-state index in [1.807, 2.05) is 6.92 Å². The Hall–Kier alpha value is -2.03. The first-order chi connectivity index (χ1) is 11.0. The molecule has 0 saturated carbocycles. The van der Waals surface area contributed by atoms with E-state index < -0.39 is 12.6 Å². The summed E-state index contributed by atoms with van der Waals surface area (Å²) >= 11 is 3.16. The van der Waals surface area contributed by atoms with Crippen LogP contribution in [0.1, 0.15) is 30.2 Å². The summed E-state index contributed by atoms with van der Waals surface area (Å²) in [7, 11) is 0. The highest BCUT2D eigenvalue weighted by atomic mass is 79.9. The monoisotopic (exact) mass is 389 g/mol. The first kappa shape index (κ1) is 17.3. The summed E-state index contributed by atoms with van der Waals surface area (Å²) in [6.45, 7) is 0.715. The second kappa shape index (κ2) is 7.49. The number of ether oxygens (including phenoxy) is 2. The van der Waals surface area contributed by atoms with Crippen LogP contribution in [0.2, 0.25) is 0 Å². The lowest BCUT2D eigenvalue weighted by atomic mass is 10.4. The molecule has 0 unspecified atom stereocenters. The molecule has 0 amide bonds. The van der Waals surface area contributed by atoms with Gasteiger partial charge in [0.25, 0.3) is 0 Å². The molecule has 0 atom stereocenters. The van der Waals surface area contributed by atoms with E-state index in [0.29, 0.717) is 16.7 Å². The van der Waals surface area contributed by atoms with Crippen LogP contribution in [0.3, 0.4) is 0 Å². The Morgan fingerprint density at radius 2 is 2.17 bits per heavy atom. The molecule has 0 aliphatic heterocycles. The summed E-state index contributed by atoms with van der Waals surface area (Å²) in [4.78, 5) is 20.1. The van der Waals surface area contributed by atoms with E-state index in [9.17, 15) is 13.6 Å². The lowest BCUT2D eigenvalue weighted by molar-refractivity contribution is -0.0501. The van der Waals surface area contributed by atoms with Gasteiger partial charge in [0.05, 0.1) is 6.61 Å². The van der Waals surface area contributed by atoms with Crippen LogP contribution in [-0.4, -0.2) is 33.7 Å². The first-order valence-corrected chi connectivity index (χ1v) is 7.61. The van der Waals surface area contributed by atoms with Crippen molar-refractivity contribution in [2.75, 3.05) is 6.61 Å². The highest BCUT2D eigenvalue weighted by Gasteiger charge is 2.20. The van der Waals surface area contributed by atoms with Gasteiger partial charge in [-0.15, -0.1) is 0 Å².